The SMILES string of the molecule is CCc1cnc(C(C)NCC2C3CCC(C3)C2N)s1. The molecule has 3 nitrogen and oxygen atoms in total. The van der Waals surface area contributed by atoms with Crippen LogP contribution in [0.5, 0.6) is 0 Å². The van der Waals surface area contributed by atoms with E-state index >= 15 is 0 Å². The van der Waals surface area contributed by atoms with Crippen molar-refractivity contribution < 1.29 is 0 Å². The number of nitrogens with two attached hydrogens (primary N) is 1. The highest BCUT2D eigenvalue weighted by Crippen LogP contribution is 2.47. The van der Waals surface area contributed by atoms with Gasteiger partial charge in [0.25, 0.3) is 0 Å². The minimum atomic E-state index is 0.358. The number of nitrogens with zero attached hydrogens (tertiary/aromatic N) is 1. The van der Waals surface area contributed by atoms with Crippen LogP contribution in [0.3, 0.4) is 0 Å². The van der Waals surface area contributed by atoms with E-state index in [0.717, 1.165) is 24.8 Å². The van der Waals surface area contributed by atoms with Gasteiger partial charge in [0.1, 0.15) is 5.01 Å². The number of fused-ring (bicyclic) bond motifs is 2. The van der Waals surface area contributed by atoms with Crippen LogP contribution in [0.25, 0.3) is 0 Å². The lowest BCUT2D eigenvalue weighted by atomic mass is 9.85. The molecule has 0 aliphatic heterocycles. The minimum absolute atomic E-state index is 0.358. The maximum atomic E-state index is 6.36. The fourth-order valence-corrected chi connectivity index (χ4v) is 4.73. The lowest BCUT2D eigenvalue weighted by molar-refractivity contribution is 0.271. The molecule has 2 aliphatic carbocycles. The average molecular weight is 279 g/mol. The quantitative estimate of drug-likeness (QED) is 0.871. The summed E-state index contributed by atoms with van der Waals surface area (Å²) >= 11 is 1.83. The normalized spacial score (nSPS) is 34.9. The number of hydrogen-bond acceptors (Lipinski definition) is 4. The molecule has 4 heteroatoms. The molecule has 2 aliphatic rings. The van der Waals surface area contributed by atoms with E-state index in [1.54, 1.807) is 0 Å². The fraction of sp³-hybridized carbons (Fsp3) is 0.800. The first-order valence-electron chi connectivity index (χ1n) is 7.62. The van der Waals surface area contributed by atoms with Crippen LogP contribution in [0.4, 0.5) is 0 Å². The molecule has 0 spiro atoms. The highest BCUT2D eigenvalue weighted by atomic mass is 32.1. The largest absolute Gasteiger partial charge is 0.327 e. The van der Waals surface area contributed by atoms with Crippen molar-refractivity contribution in [2.45, 2.75) is 51.6 Å². The summed E-state index contributed by atoms with van der Waals surface area (Å²) in [4.78, 5) is 5.90. The Kier molecular flexibility index (Phi) is 3.92. The second-order valence-corrected chi connectivity index (χ2v) is 7.37. The standard InChI is InChI=1S/C15H25N3S/c1-3-12-7-18-15(19-12)9(2)17-8-13-10-4-5-11(6-10)14(13)16/h7,9-11,13-14,17H,3-6,8,16H2,1-2H3. The molecule has 0 aromatic carbocycles. The van der Waals surface area contributed by atoms with Crippen LogP contribution in [0.2, 0.25) is 0 Å². The van der Waals surface area contributed by atoms with E-state index in [4.69, 9.17) is 5.73 Å². The predicted octanol–water partition coefficient (Wildman–Crippen LogP) is 2.73. The highest BCUT2D eigenvalue weighted by Gasteiger charge is 2.45. The number of aromatic nitrogens is 1. The zero-order chi connectivity index (χ0) is 13.4. The van der Waals surface area contributed by atoms with Crippen molar-refractivity contribution in [3.8, 4) is 0 Å². The Morgan fingerprint density at radius 2 is 2.26 bits per heavy atom. The van der Waals surface area contributed by atoms with Gasteiger partial charge in [0.15, 0.2) is 0 Å². The Morgan fingerprint density at radius 3 is 2.89 bits per heavy atom. The van der Waals surface area contributed by atoms with Gasteiger partial charge < -0.3 is 11.1 Å². The lowest BCUT2D eigenvalue weighted by Crippen LogP contribution is -2.41. The predicted molar refractivity (Wildman–Crippen MR) is 80.2 cm³/mol. The van der Waals surface area contributed by atoms with Crippen LogP contribution < -0.4 is 11.1 Å². The zero-order valence-electron chi connectivity index (χ0n) is 11.9. The Morgan fingerprint density at radius 1 is 1.47 bits per heavy atom. The number of thiazole rings is 1. The van der Waals surface area contributed by atoms with E-state index in [2.05, 4.69) is 24.1 Å². The third-order valence-corrected chi connectivity index (χ3v) is 6.43. The van der Waals surface area contributed by atoms with Gasteiger partial charge in [0.2, 0.25) is 0 Å². The molecule has 3 rings (SSSR count). The Balaban J connectivity index is 1.54. The highest BCUT2D eigenvalue weighted by molar-refractivity contribution is 7.11. The third-order valence-electron chi connectivity index (χ3n) is 5.11. The molecule has 3 N–H and O–H groups in total. The molecule has 2 saturated carbocycles. The Labute approximate surface area is 120 Å². The molecule has 1 heterocycles. The lowest BCUT2D eigenvalue weighted by Gasteiger charge is -2.29. The topological polar surface area (TPSA) is 50.9 Å². The first kappa shape index (κ1) is 13.5. The maximum Gasteiger partial charge on any atom is 0.109 e. The van der Waals surface area contributed by atoms with Gasteiger partial charge in [0.05, 0.1) is 6.04 Å². The van der Waals surface area contributed by atoms with E-state index in [-0.39, 0.29) is 0 Å². The molecular formula is C15H25N3S. The van der Waals surface area contributed by atoms with Crippen LogP contribution in [0.1, 0.15) is 49.0 Å². The molecule has 0 radical (unpaired) electrons. The van der Waals surface area contributed by atoms with Crippen molar-refractivity contribution in [1.82, 2.24) is 10.3 Å². The number of rotatable bonds is 5. The Hall–Kier alpha value is -0.450. The molecular weight excluding hydrogens is 254 g/mol. The van der Waals surface area contributed by atoms with Crippen LogP contribution in [-0.4, -0.2) is 17.6 Å². The van der Waals surface area contributed by atoms with Crippen molar-refractivity contribution in [2.75, 3.05) is 6.54 Å². The van der Waals surface area contributed by atoms with Gasteiger partial charge >= 0.3 is 0 Å². The summed E-state index contributed by atoms with van der Waals surface area (Å²) < 4.78 is 0. The van der Waals surface area contributed by atoms with Crippen molar-refractivity contribution in [1.29, 1.82) is 0 Å². The minimum Gasteiger partial charge on any atom is -0.327 e. The molecule has 19 heavy (non-hydrogen) atoms. The molecule has 5 atom stereocenters. The monoisotopic (exact) mass is 279 g/mol. The molecule has 106 valence electrons. The summed E-state index contributed by atoms with van der Waals surface area (Å²) in [6, 6.07) is 0.789. The average Bonchev–Trinajstić information content (AvgIpc) is 3.12. The summed E-state index contributed by atoms with van der Waals surface area (Å²) in [5, 5.41) is 4.88. The Bertz CT molecular complexity index is 429. The van der Waals surface area contributed by atoms with E-state index in [9.17, 15) is 0 Å². The van der Waals surface area contributed by atoms with Crippen LogP contribution in [0.15, 0.2) is 6.20 Å². The van der Waals surface area contributed by atoms with Crippen molar-refractivity contribution in [2.24, 2.45) is 23.5 Å². The van der Waals surface area contributed by atoms with E-state index in [1.807, 2.05) is 17.5 Å². The maximum absolute atomic E-state index is 6.36. The van der Waals surface area contributed by atoms with Gasteiger partial charge in [-0.2, -0.15) is 0 Å². The van der Waals surface area contributed by atoms with Gasteiger partial charge in [0, 0.05) is 23.7 Å². The van der Waals surface area contributed by atoms with Gasteiger partial charge in [-0.25, -0.2) is 4.98 Å². The molecule has 2 bridgehead atoms. The molecule has 0 amide bonds. The van der Waals surface area contributed by atoms with Crippen molar-refractivity contribution in [3.05, 3.63) is 16.1 Å². The van der Waals surface area contributed by atoms with Crippen LogP contribution in [-0.2, 0) is 6.42 Å². The van der Waals surface area contributed by atoms with Gasteiger partial charge in [-0.1, -0.05) is 6.92 Å². The van der Waals surface area contributed by atoms with Crippen LogP contribution in [0, 0.1) is 17.8 Å². The van der Waals surface area contributed by atoms with Crippen molar-refractivity contribution >= 4 is 11.3 Å². The summed E-state index contributed by atoms with van der Waals surface area (Å²) in [5.41, 5.74) is 6.36. The van der Waals surface area contributed by atoms with Gasteiger partial charge in [-0.3, -0.25) is 0 Å². The molecule has 0 saturated heterocycles. The first-order chi connectivity index (χ1) is 9.19. The summed E-state index contributed by atoms with van der Waals surface area (Å²) in [6.07, 6.45) is 7.24. The summed E-state index contributed by atoms with van der Waals surface area (Å²) in [5.74, 6) is 2.37. The molecule has 2 fully saturated rings. The van der Waals surface area contributed by atoms with Gasteiger partial charge in [-0.15, -0.1) is 11.3 Å². The van der Waals surface area contributed by atoms with E-state index in [1.165, 1.54) is 29.1 Å². The summed E-state index contributed by atoms with van der Waals surface area (Å²) in [6.45, 7) is 5.46. The first-order valence-corrected chi connectivity index (χ1v) is 8.44. The van der Waals surface area contributed by atoms with E-state index < -0.39 is 0 Å². The smallest absolute Gasteiger partial charge is 0.109 e. The number of aryl methyl sites for hydroxylation is 1. The third kappa shape index (κ3) is 2.58. The zero-order valence-corrected chi connectivity index (χ0v) is 12.7. The second-order valence-electron chi connectivity index (χ2n) is 6.22. The summed E-state index contributed by atoms with van der Waals surface area (Å²) in [7, 11) is 0. The number of hydrogen-bond donors (Lipinski definition) is 2. The second kappa shape index (κ2) is 5.51. The van der Waals surface area contributed by atoms with Gasteiger partial charge in [-0.05, 0) is 50.4 Å². The fourth-order valence-electron chi connectivity index (χ4n) is 3.84. The van der Waals surface area contributed by atoms with Crippen LogP contribution >= 0.6 is 11.3 Å². The van der Waals surface area contributed by atoms with Crippen molar-refractivity contribution in [3.63, 3.8) is 0 Å². The molecule has 5 unspecified atom stereocenters. The molecule has 1 aromatic rings. The number of nitrogens with one attached hydrogen (secondary N) is 1. The van der Waals surface area contributed by atoms with E-state index in [0.29, 0.717) is 18.0 Å². The molecule has 1 aromatic heterocycles.